The Balaban J connectivity index is 1.59. The molecule has 0 bridgehead atoms. The molecule has 2 N–H and O–H groups in total. The van der Waals surface area contributed by atoms with Crippen molar-refractivity contribution in [2.45, 2.75) is 4.90 Å². The second-order valence-electron chi connectivity index (χ2n) is 6.68. The van der Waals surface area contributed by atoms with Gasteiger partial charge in [0.1, 0.15) is 0 Å². The maximum Gasteiger partial charge on any atom is 0.271 e. The Kier molecular flexibility index (Phi) is 6.48. The zero-order chi connectivity index (χ0) is 21.6. The smallest absolute Gasteiger partial charge is 0.271 e. The molecule has 0 saturated carbocycles. The second kappa shape index (κ2) is 9.23. The van der Waals surface area contributed by atoms with Crippen molar-refractivity contribution >= 4 is 33.5 Å². The van der Waals surface area contributed by atoms with Crippen molar-refractivity contribution in [3.8, 4) is 0 Å². The summed E-state index contributed by atoms with van der Waals surface area (Å²) >= 11 is 0. The number of hydrogen-bond donors (Lipinski definition) is 2. The number of amides is 1. The van der Waals surface area contributed by atoms with Gasteiger partial charge in [-0.2, -0.15) is 5.10 Å². The van der Waals surface area contributed by atoms with Crippen LogP contribution in [-0.2, 0) is 10.0 Å². The highest BCUT2D eigenvalue weighted by atomic mass is 32.2. The second-order valence-corrected chi connectivity index (χ2v) is 8.36. The van der Waals surface area contributed by atoms with Crippen LogP contribution in [0.25, 0.3) is 0 Å². The van der Waals surface area contributed by atoms with Gasteiger partial charge >= 0.3 is 0 Å². The molecule has 0 aromatic heterocycles. The summed E-state index contributed by atoms with van der Waals surface area (Å²) in [6.07, 6.45) is 1.56. The Bertz CT molecular complexity index is 1130. The standard InChI is InChI=1S/C22H22N4O3S/c1-26(2)20-14-8-17(9-15-20)16-23-24-22(27)18-10-12-19(13-11-18)25-30(28,29)21-6-4-3-5-7-21/h3-16,25H,1-2H3,(H,24,27)/b23-16+. The van der Waals surface area contributed by atoms with Gasteiger partial charge in [0.05, 0.1) is 11.1 Å². The molecule has 0 aliphatic heterocycles. The van der Waals surface area contributed by atoms with Crippen LogP contribution in [0, 0.1) is 0 Å². The van der Waals surface area contributed by atoms with Gasteiger partial charge in [-0.25, -0.2) is 13.8 Å². The first-order chi connectivity index (χ1) is 14.3. The fraction of sp³-hybridized carbons (Fsp3) is 0.0909. The SMILES string of the molecule is CN(C)c1ccc(/C=N/NC(=O)c2ccc(NS(=O)(=O)c3ccccc3)cc2)cc1. The largest absolute Gasteiger partial charge is 0.378 e. The van der Waals surface area contributed by atoms with Crippen molar-refractivity contribution in [2.24, 2.45) is 5.10 Å². The highest BCUT2D eigenvalue weighted by Crippen LogP contribution is 2.16. The van der Waals surface area contributed by atoms with Crippen LogP contribution in [0.3, 0.4) is 0 Å². The normalized spacial score (nSPS) is 11.3. The topological polar surface area (TPSA) is 90.9 Å². The number of hydrazone groups is 1. The molecule has 0 spiro atoms. The van der Waals surface area contributed by atoms with Gasteiger partial charge in [-0.05, 0) is 54.1 Å². The number of hydrogen-bond acceptors (Lipinski definition) is 5. The van der Waals surface area contributed by atoms with Crippen LogP contribution in [-0.4, -0.2) is 34.6 Å². The molecule has 7 nitrogen and oxygen atoms in total. The van der Waals surface area contributed by atoms with E-state index in [2.05, 4.69) is 15.2 Å². The molecular formula is C22H22N4O3S. The van der Waals surface area contributed by atoms with Crippen LogP contribution in [0.15, 0.2) is 88.9 Å². The summed E-state index contributed by atoms with van der Waals surface area (Å²) in [5.41, 5.74) is 5.10. The molecule has 154 valence electrons. The first-order valence-electron chi connectivity index (χ1n) is 9.14. The van der Waals surface area contributed by atoms with E-state index >= 15 is 0 Å². The summed E-state index contributed by atoms with van der Waals surface area (Å²) in [4.78, 5) is 14.4. The van der Waals surface area contributed by atoms with Crippen LogP contribution in [0.2, 0.25) is 0 Å². The predicted octanol–water partition coefficient (Wildman–Crippen LogP) is 3.32. The fourth-order valence-corrected chi connectivity index (χ4v) is 3.67. The van der Waals surface area contributed by atoms with E-state index in [9.17, 15) is 13.2 Å². The van der Waals surface area contributed by atoms with Crippen LogP contribution >= 0.6 is 0 Å². The molecule has 3 aromatic rings. The number of rotatable bonds is 7. The molecule has 3 rings (SSSR count). The molecule has 3 aromatic carbocycles. The molecule has 0 aliphatic carbocycles. The lowest BCUT2D eigenvalue weighted by Gasteiger charge is -2.11. The summed E-state index contributed by atoms with van der Waals surface area (Å²) < 4.78 is 27.2. The Labute approximate surface area is 176 Å². The third-order valence-electron chi connectivity index (χ3n) is 4.24. The first-order valence-corrected chi connectivity index (χ1v) is 10.6. The molecule has 0 fully saturated rings. The molecule has 0 atom stereocenters. The van der Waals surface area contributed by atoms with Crippen molar-refractivity contribution in [3.63, 3.8) is 0 Å². The summed E-state index contributed by atoms with van der Waals surface area (Å²) in [7, 11) is 0.242. The number of nitrogens with zero attached hydrogens (tertiary/aromatic N) is 2. The van der Waals surface area contributed by atoms with Gasteiger partial charge in [0.2, 0.25) is 0 Å². The lowest BCUT2D eigenvalue weighted by Crippen LogP contribution is -2.18. The van der Waals surface area contributed by atoms with Crippen molar-refractivity contribution in [1.82, 2.24) is 5.43 Å². The lowest BCUT2D eigenvalue weighted by atomic mass is 10.2. The summed E-state index contributed by atoms with van der Waals surface area (Å²) in [6, 6.07) is 21.9. The molecule has 0 unspecified atom stereocenters. The summed E-state index contributed by atoms with van der Waals surface area (Å²) in [6.45, 7) is 0. The number of carbonyl (C=O) groups is 1. The number of benzene rings is 3. The minimum atomic E-state index is -3.68. The maximum absolute atomic E-state index is 12.3. The number of nitrogens with one attached hydrogen (secondary N) is 2. The van der Waals surface area contributed by atoms with Crippen molar-refractivity contribution in [1.29, 1.82) is 0 Å². The first kappa shape index (κ1) is 21.1. The number of sulfonamides is 1. The van der Waals surface area contributed by atoms with Crippen molar-refractivity contribution < 1.29 is 13.2 Å². The molecule has 8 heteroatoms. The van der Waals surface area contributed by atoms with Gasteiger partial charge < -0.3 is 4.90 Å². The Morgan fingerprint density at radius 2 is 1.53 bits per heavy atom. The van der Waals surface area contributed by atoms with E-state index in [4.69, 9.17) is 0 Å². The monoisotopic (exact) mass is 422 g/mol. The van der Waals surface area contributed by atoms with E-state index in [-0.39, 0.29) is 4.90 Å². The maximum atomic E-state index is 12.3. The van der Waals surface area contributed by atoms with E-state index in [1.165, 1.54) is 36.4 Å². The minimum absolute atomic E-state index is 0.166. The van der Waals surface area contributed by atoms with Crippen molar-refractivity contribution in [3.05, 3.63) is 90.0 Å². The highest BCUT2D eigenvalue weighted by molar-refractivity contribution is 7.92. The average molecular weight is 423 g/mol. The molecule has 0 radical (unpaired) electrons. The predicted molar refractivity (Wildman–Crippen MR) is 120 cm³/mol. The molecule has 0 heterocycles. The third-order valence-corrected chi connectivity index (χ3v) is 5.64. The van der Waals surface area contributed by atoms with E-state index in [0.717, 1.165) is 11.3 Å². The highest BCUT2D eigenvalue weighted by Gasteiger charge is 2.13. The molecule has 1 amide bonds. The summed E-state index contributed by atoms with van der Waals surface area (Å²) in [5.74, 6) is -0.395. The van der Waals surface area contributed by atoms with Gasteiger partial charge in [-0.1, -0.05) is 30.3 Å². The van der Waals surface area contributed by atoms with Gasteiger partial charge in [-0.3, -0.25) is 9.52 Å². The van der Waals surface area contributed by atoms with E-state index in [1.807, 2.05) is 43.3 Å². The Morgan fingerprint density at radius 3 is 2.13 bits per heavy atom. The third kappa shape index (κ3) is 5.45. The molecule has 30 heavy (non-hydrogen) atoms. The Morgan fingerprint density at radius 1 is 0.900 bits per heavy atom. The average Bonchev–Trinajstić information content (AvgIpc) is 2.75. The molecule has 0 aliphatic rings. The molecular weight excluding hydrogens is 400 g/mol. The fourth-order valence-electron chi connectivity index (χ4n) is 2.59. The van der Waals surface area contributed by atoms with Gasteiger partial charge in [0.15, 0.2) is 0 Å². The molecule has 0 saturated heterocycles. The van der Waals surface area contributed by atoms with Crippen molar-refractivity contribution in [2.75, 3.05) is 23.7 Å². The van der Waals surface area contributed by atoms with Crippen LogP contribution in [0.5, 0.6) is 0 Å². The van der Waals surface area contributed by atoms with Gasteiger partial charge in [0.25, 0.3) is 15.9 Å². The van der Waals surface area contributed by atoms with Gasteiger partial charge in [0, 0.05) is 31.0 Å². The van der Waals surface area contributed by atoms with Gasteiger partial charge in [-0.15, -0.1) is 0 Å². The van der Waals surface area contributed by atoms with Crippen LogP contribution in [0.4, 0.5) is 11.4 Å². The zero-order valence-electron chi connectivity index (χ0n) is 16.6. The number of anilines is 2. The zero-order valence-corrected chi connectivity index (χ0v) is 17.4. The minimum Gasteiger partial charge on any atom is -0.378 e. The van der Waals surface area contributed by atoms with E-state index < -0.39 is 15.9 Å². The van der Waals surface area contributed by atoms with E-state index in [1.54, 1.807) is 24.4 Å². The lowest BCUT2D eigenvalue weighted by molar-refractivity contribution is 0.0955. The summed E-state index contributed by atoms with van der Waals surface area (Å²) in [5, 5.41) is 3.96. The Hall–Kier alpha value is -3.65. The number of carbonyl (C=O) groups excluding carboxylic acids is 1. The quantitative estimate of drug-likeness (QED) is 0.451. The van der Waals surface area contributed by atoms with E-state index in [0.29, 0.717) is 11.3 Å². The van der Waals surface area contributed by atoms with Crippen LogP contribution in [0.1, 0.15) is 15.9 Å². The van der Waals surface area contributed by atoms with Crippen LogP contribution < -0.4 is 15.0 Å².